The van der Waals surface area contributed by atoms with Crippen molar-refractivity contribution in [2.45, 2.75) is 20.1 Å². The van der Waals surface area contributed by atoms with Crippen molar-refractivity contribution >= 4 is 23.4 Å². The van der Waals surface area contributed by atoms with Gasteiger partial charge < -0.3 is 10.4 Å². The first-order valence-corrected chi connectivity index (χ1v) is 7.68. The number of hydrogen-bond acceptors (Lipinski definition) is 5. The minimum atomic E-state index is -0.378. The van der Waals surface area contributed by atoms with Crippen LogP contribution in [0.1, 0.15) is 22.3 Å². The fourth-order valence-electron chi connectivity index (χ4n) is 2.84. The van der Waals surface area contributed by atoms with Crippen molar-refractivity contribution < 1.29 is 5.11 Å². The molecule has 0 fully saturated rings. The first-order valence-electron chi connectivity index (χ1n) is 7.68. The summed E-state index contributed by atoms with van der Waals surface area (Å²) >= 11 is 0. The predicted molar refractivity (Wildman–Crippen MR) is 93.1 cm³/mol. The first kappa shape index (κ1) is 14.6. The number of aliphatic imine (C=N–C) groups is 1. The maximum Gasteiger partial charge on any atom is 0.265 e. The van der Waals surface area contributed by atoms with Crippen LogP contribution in [0.25, 0.3) is 5.65 Å². The standard InChI is InChI=1S/C18H16N4O2/c1-11-4-5-22-16(6-11)21-17(15(10-23)18(22)24)20-14-3-2-12-8-19-9-13(12)7-14/h2-7,9,20,23H,8,10H2,1H3. The van der Waals surface area contributed by atoms with Gasteiger partial charge in [-0.25, -0.2) is 4.98 Å². The fourth-order valence-corrected chi connectivity index (χ4v) is 2.84. The van der Waals surface area contributed by atoms with Crippen molar-refractivity contribution in [2.24, 2.45) is 4.99 Å². The van der Waals surface area contributed by atoms with Crippen molar-refractivity contribution in [1.82, 2.24) is 9.38 Å². The van der Waals surface area contributed by atoms with Gasteiger partial charge in [-0.2, -0.15) is 0 Å². The van der Waals surface area contributed by atoms with E-state index in [9.17, 15) is 9.90 Å². The summed E-state index contributed by atoms with van der Waals surface area (Å²) in [7, 11) is 0. The Labute approximate surface area is 138 Å². The molecule has 2 aromatic heterocycles. The van der Waals surface area contributed by atoms with Crippen LogP contribution in [-0.2, 0) is 13.2 Å². The number of hydrogen-bond donors (Lipinski definition) is 2. The highest BCUT2D eigenvalue weighted by molar-refractivity contribution is 5.86. The van der Waals surface area contributed by atoms with Gasteiger partial charge in [0.25, 0.3) is 5.56 Å². The van der Waals surface area contributed by atoms with Crippen LogP contribution >= 0.6 is 0 Å². The number of anilines is 2. The van der Waals surface area contributed by atoms with E-state index in [0.29, 0.717) is 18.0 Å². The zero-order valence-corrected chi connectivity index (χ0v) is 13.2. The maximum atomic E-state index is 12.6. The number of rotatable bonds is 3. The molecule has 1 aromatic carbocycles. The number of aliphatic hydroxyl groups excluding tert-OH is 1. The number of aliphatic hydroxyl groups is 1. The Hall–Kier alpha value is -2.99. The molecule has 0 radical (unpaired) electrons. The van der Waals surface area contributed by atoms with E-state index >= 15 is 0 Å². The molecule has 3 aromatic rings. The van der Waals surface area contributed by atoms with E-state index in [1.807, 2.05) is 43.5 Å². The van der Waals surface area contributed by atoms with Crippen molar-refractivity contribution in [1.29, 1.82) is 0 Å². The van der Waals surface area contributed by atoms with Crippen LogP contribution in [0.5, 0.6) is 0 Å². The molecule has 6 heteroatoms. The molecule has 2 N–H and O–H groups in total. The monoisotopic (exact) mass is 320 g/mol. The van der Waals surface area contributed by atoms with Gasteiger partial charge in [-0.05, 0) is 47.9 Å². The van der Waals surface area contributed by atoms with Gasteiger partial charge in [0.1, 0.15) is 11.5 Å². The molecular formula is C18H16N4O2. The zero-order chi connectivity index (χ0) is 16.7. The third-order valence-corrected chi connectivity index (χ3v) is 4.14. The van der Waals surface area contributed by atoms with E-state index in [-0.39, 0.29) is 17.7 Å². The van der Waals surface area contributed by atoms with Crippen LogP contribution in [-0.4, -0.2) is 20.7 Å². The lowest BCUT2D eigenvalue weighted by Crippen LogP contribution is -2.22. The van der Waals surface area contributed by atoms with E-state index in [4.69, 9.17) is 0 Å². The Balaban J connectivity index is 1.83. The van der Waals surface area contributed by atoms with Gasteiger partial charge in [0, 0.05) is 18.1 Å². The van der Waals surface area contributed by atoms with E-state index in [2.05, 4.69) is 15.3 Å². The number of nitrogens with one attached hydrogen (secondary N) is 1. The molecule has 0 aliphatic carbocycles. The third-order valence-electron chi connectivity index (χ3n) is 4.14. The molecule has 0 saturated carbocycles. The van der Waals surface area contributed by atoms with Gasteiger partial charge in [0.15, 0.2) is 0 Å². The topological polar surface area (TPSA) is 79.0 Å². The van der Waals surface area contributed by atoms with Crippen LogP contribution in [0.3, 0.4) is 0 Å². The number of aromatic nitrogens is 2. The van der Waals surface area contributed by atoms with Crippen molar-refractivity contribution in [2.75, 3.05) is 5.32 Å². The lowest BCUT2D eigenvalue weighted by atomic mass is 10.1. The minimum absolute atomic E-state index is 0.241. The Morgan fingerprint density at radius 2 is 2.17 bits per heavy atom. The van der Waals surface area contributed by atoms with Crippen molar-refractivity contribution in [3.63, 3.8) is 0 Å². The average molecular weight is 320 g/mol. The average Bonchev–Trinajstić information content (AvgIpc) is 3.02. The number of aryl methyl sites for hydroxylation is 1. The molecule has 0 saturated heterocycles. The molecule has 24 heavy (non-hydrogen) atoms. The van der Waals surface area contributed by atoms with Gasteiger partial charge >= 0.3 is 0 Å². The molecule has 6 nitrogen and oxygen atoms in total. The van der Waals surface area contributed by atoms with Crippen molar-refractivity contribution in [3.05, 3.63) is 69.1 Å². The summed E-state index contributed by atoms with van der Waals surface area (Å²) in [6, 6.07) is 9.57. The normalized spacial score (nSPS) is 12.6. The second-order valence-electron chi connectivity index (χ2n) is 5.84. The number of fused-ring (bicyclic) bond motifs is 2. The van der Waals surface area contributed by atoms with Crippen LogP contribution in [0.15, 0.2) is 46.3 Å². The SMILES string of the molecule is Cc1ccn2c(=O)c(CO)c(Nc3ccc4c(c3)C=NC4)nc2c1. The molecular weight excluding hydrogens is 304 g/mol. The van der Waals surface area contributed by atoms with Gasteiger partial charge in [-0.1, -0.05) is 6.07 Å². The lowest BCUT2D eigenvalue weighted by Gasteiger charge is -2.12. The second kappa shape index (κ2) is 5.58. The molecule has 3 heterocycles. The van der Waals surface area contributed by atoms with E-state index in [0.717, 1.165) is 16.8 Å². The van der Waals surface area contributed by atoms with E-state index in [1.165, 1.54) is 9.96 Å². The number of pyridine rings is 1. The summed E-state index contributed by atoms with van der Waals surface area (Å²) in [6.07, 6.45) is 3.51. The predicted octanol–water partition coefficient (Wildman–Crippen LogP) is 2.17. The number of benzene rings is 1. The molecule has 4 rings (SSSR count). The van der Waals surface area contributed by atoms with Gasteiger partial charge in [0.05, 0.1) is 18.7 Å². The molecule has 120 valence electrons. The van der Waals surface area contributed by atoms with Crippen LogP contribution in [0.2, 0.25) is 0 Å². The van der Waals surface area contributed by atoms with Gasteiger partial charge in [-0.15, -0.1) is 0 Å². The summed E-state index contributed by atoms with van der Waals surface area (Å²) in [6.45, 7) is 2.27. The highest BCUT2D eigenvalue weighted by Gasteiger charge is 2.13. The first-order chi connectivity index (χ1) is 11.7. The summed E-state index contributed by atoms with van der Waals surface area (Å²) in [5.74, 6) is 0.378. The molecule has 0 spiro atoms. The Morgan fingerprint density at radius 3 is 3.00 bits per heavy atom. The van der Waals surface area contributed by atoms with E-state index in [1.54, 1.807) is 6.20 Å². The Bertz CT molecular complexity index is 1040. The fraction of sp³-hybridized carbons (Fsp3) is 0.167. The molecule has 0 bridgehead atoms. The second-order valence-corrected chi connectivity index (χ2v) is 5.84. The minimum Gasteiger partial charge on any atom is -0.391 e. The molecule has 1 aliphatic heterocycles. The highest BCUT2D eigenvalue weighted by atomic mass is 16.3. The van der Waals surface area contributed by atoms with Gasteiger partial charge in [0.2, 0.25) is 0 Å². The molecule has 0 atom stereocenters. The number of nitrogens with zero attached hydrogens (tertiary/aromatic N) is 3. The molecule has 0 unspecified atom stereocenters. The summed E-state index contributed by atoms with van der Waals surface area (Å²) in [4.78, 5) is 21.3. The quantitative estimate of drug-likeness (QED) is 0.775. The van der Waals surface area contributed by atoms with E-state index < -0.39 is 0 Å². The van der Waals surface area contributed by atoms with Gasteiger partial charge in [-0.3, -0.25) is 14.2 Å². The molecule has 1 aliphatic rings. The zero-order valence-electron chi connectivity index (χ0n) is 13.2. The smallest absolute Gasteiger partial charge is 0.265 e. The van der Waals surface area contributed by atoms with Crippen LogP contribution in [0.4, 0.5) is 11.5 Å². The third kappa shape index (κ3) is 2.37. The Morgan fingerprint density at radius 1 is 1.29 bits per heavy atom. The van der Waals surface area contributed by atoms with Crippen molar-refractivity contribution in [3.8, 4) is 0 Å². The maximum absolute atomic E-state index is 12.6. The molecule has 0 amide bonds. The largest absolute Gasteiger partial charge is 0.391 e. The van der Waals surface area contributed by atoms with Crippen LogP contribution in [0, 0.1) is 6.92 Å². The summed E-state index contributed by atoms with van der Waals surface area (Å²) in [5.41, 5.74) is 4.56. The lowest BCUT2D eigenvalue weighted by molar-refractivity contribution is 0.280. The summed E-state index contributed by atoms with van der Waals surface area (Å²) < 4.78 is 1.44. The summed E-state index contributed by atoms with van der Waals surface area (Å²) in [5, 5.41) is 12.8. The Kier molecular flexibility index (Phi) is 3.39. The highest BCUT2D eigenvalue weighted by Crippen LogP contribution is 2.23. The van der Waals surface area contributed by atoms with Crippen LogP contribution < -0.4 is 10.9 Å².